The molecule has 1 atom stereocenters. The molecule has 0 aliphatic carbocycles. The maximum Gasteiger partial charge on any atom is 0.143 e. The van der Waals surface area contributed by atoms with Gasteiger partial charge in [-0.15, -0.1) is 24.8 Å². The zero-order valence-corrected chi connectivity index (χ0v) is 21.4. The van der Waals surface area contributed by atoms with Gasteiger partial charge in [-0.3, -0.25) is 4.90 Å². The fourth-order valence-corrected chi connectivity index (χ4v) is 5.16. The van der Waals surface area contributed by atoms with E-state index in [-0.39, 0.29) is 24.8 Å². The fraction of sp³-hybridized carbons (Fsp3) is 0.357. The molecule has 0 spiro atoms. The van der Waals surface area contributed by atoms with Gasteiger partial charge in [0.25, 0.3) is 0 Å². The van der Waals surface area contributed by atoms with E-state index < -0.39 is 0 Å². The van der Waals surface area contributed by atoms with E-state index in [2.05, 4.69) is 87.9 Å². The molecule has 0 radical (unpaired) electrons. The Bertz CT molecular complexity index is 1010. The molecule has 4 nitrogen and oxygen atoms in total. The first kappa shape index (κ1) is 26.2. The van der Waals surface area contributed by atoms with Crippen molar-refractivity contribution in [2.24, 2.45) is 0 Å². The summed E-state index contributed by atoms with van der Waals surface area (Å²) >= 11 is 0. The maximum atomic E-state index is 6.17. The number of rotatable bonds is 7. The average molecular weight is 501 g/mol. The number of fused-ring (bicyclic) bond motifs is 2. The molecule has 0 aromatic heterocycles. The number of hydrogen-bond acceptors (Lipinski definition) is 4. The van der Waals surface area contributed by atoms with Crippen molar-refractivity contribution in [1.29, 1.82) is 0 Å². The van der Waals surface area contributed by atoms with Crippen molar-refractivity contribution in [1.82, 2.24) is 4.90 Å². The Kier molecular flexibility index (Phi) is 9.52. The second-order valence-electron chi connectivity index (χ2n) is 8.88. The SMILES string of the molecule is CNc1cccc(CCCN2CCC[C@@H]2CN2c3ccccc3COc3ccccc32)c1.Cl.Cl. The summed E-state index contributed by atoms with van der Waals surface area (Å²) in [4.78, 5) is 5.20. The topological polar surface area (TPSA) is 27.7 Å². The molecule has 5 rings (SSSR count). The minimum Gasteiger partial charge on any atom is -0.487 e. The summed E-state index contributed by atoms with van der Waals surface area (Å²) in [6, 6.07) is 26.5. The van der Waals surface area contributed by atoms with E-state index in [4.69, 9.17) is 4.74 Å². The summed E-state index contributed by atoms with van der Waals surface area (Å²) in [7, 11) is 1.98. The van der Waals surface area contributed by atoms with Gasteiger partial charge in [0.15, 0.2) is 0 Å². The molecule has 0 saturated carbocycles. The van der Waals surface area contributed by atoms with Crippen LogP contribution < -0.4 is 15.0 Å². The Labute approximate surface area is 216 Å². The van der Waals surface area contributed by atoms with E-state index in [1.807, 2.05) is 7.05 Å². The van der Waals surface area contributed by atoms with Crippen molar-refractivity contribution in [3.8, 4) is 5.75 Å². The Morgan fingerprint density at radius 1 is 0.941 bits per heavy atom. The summed E-state index contributed by atoms with van der Waals surface area (Å²) in [5.74, 6) is 0.984. The number of hydrogen-bond donors (Lipinski definition) is 1. The first-order chi connectivity index (χ1) is 15.8. The predicted octanol–water partition coefficient (Wildman–Crippen LogP) is 6.70. The van der Waals surface area contributed by atoms with Gasteiger partial charge in [-0.25, -0.2) is 0 Å². The Morgan fingerprint density at radius 3 is 2.59 bits per heavy atom. The quantitative estimate of drug-likeness (QED) is 0.391. The van der Waals surface area contributed by atoms with Crippen molar-refractivity contribution in [3.05, 3.63) is 83.9 Å². The van der Waals surface area contributed by atoms with E-state index in [0.717, 1.165) is 25.3 Å². The number of ether oxygens (including phenoxy) is 1. The molecule has 1 saturated heterocycles. The lowest BCUT2D eigenvalue weighted by atomic mass is 10.1. The highest BCUT2D eigenvalue weighted by atomic mass is 35.5. The van der Waals surface area contributed by atoms with Crippen LogP contribution in [0.2, 0.25) is 0 Å². The fourth-order valence-electron chi connectivity index (χ4n) is 5.16. The maximum absolute atomic E-state index is 6.17. The van der Waals surface area contributed by atoms with Crippen LogP contribution >= 0.6 is 24.8 Å². The van der Waals surface area contributed by atoms with Gasteiger partial charge in [-0.05, 0) is 74.7 Å². The molecule has 182 valence electrons. The van der Waals surface area contributed by atoms with Crippen LogP contribution in [0.15, 0.2) is 72.8 Å². The van der Waals surface area contributed by atoms with E-state index in [1.54, 1.807) is 0 Å². The minimum absolute atomic E-state index is 0. The highest BCUT2D eigenvalue weighted by molar-refractivity contribution is 5.85. The van der Waals surface area contributed by atoms with Crippen LogP contribution in [0.4, 0.5) is 17.1 Å². The number of anilines is 3. The molecule has 0 bridgehead atoms. The zero-order valence-electron chi connectivity index (χ0n) is 19.8. The third-order valence-corrected chi connectivity index (χ3v) is 6.84. The Hall–Kier alpha value is -2.40. The van der Waals surface area contributed by atoms with Crippen LogP contribution in [0, 0.1) is 0 Å². The molecule has 0 amide bonds. The minimum atomic E-state index is 0. The summed E-state index contributed by atoms with van der Waals surface area (Å²) < 4.78 is 6.17. The molecule has 3 aromatic carbocycles. The van der Waals surface area contributed by atoms with Crippen LogP contribution in [0.1, 0.15) is 30.4 Å². The molecule has 0 unspecified atom stereocenters. The van der Waals surface area contributed by atoms with Crippen molar-refractivity contribution < 1.29 is 4.74 Å². The largest absolute Gasteiger partial charge is 0.487 e. The van der Waals surface area contributed by atoms with E-state index in [0.29, 0.717) is 12.6 Å². The number of likely N-dealkylation sites (tertiary alicyclic amines) is 1. The molecular weight excluding hydrogens is 465 g/mol. The van der Waals surface area contributed by atoms with Crippen LogP contribution in [0.25, 0.3) is 0 Å². The van der Waals surface area contributed by atoms with Gasteiger partial charge in [0, 0.05) is 36.6 Å². The third-order valence-electron chi connectivity index (χ3n) is 6.84. The van der Waals surface area contributed by atoms with Crippen molar-refractivity contribution in [2.45, 2.75) is 38.3 Å². The Morgan fingerprint density at radius 2 is 1.74 bits per heavy atom. The highest BCUT2D eigenvalue weighted by Gasteiger charge is 2.29. The van der Waals surface area contributed by atoms with Gasteiger partial charge in [-0.2, -0.15) is 0 Å². The summed E-state index contributed by atoms with van der Waals surface area (Å²) in [5.41, 5.74) is 6.35. The standard InChI is InChI=1S/C28H33N3O.2ClH/c1-29-24-12-6-9-22(19-24)10-7-17-30-18-8-13-25(30)20-31-26-14-3-2-11-23(26)21-32-28-16-5-4-15-27(28)31;;/h2-6,9,11-12,14-16,19,25,29H,7-8,10,13,17-18,20-21H2,1H3;2*1H/t25-;;/m1../s1. The molecule has 2 heterocycles. The predicted molar refractivity (Wildman–Crippen MR) is 148 cm³/mol. The first-order valence-electron chi connectivity index (χ1n) is 11.9. The van der Waals surface area contributed by atoms with Gasteiger partial charge in [0.2, 0.25) is 0 Å². The zero-order chi connectivity index (χ0) is 21.8. The molecule has 2 aliphatic rings. The number of nitrogens with zero attached hydrogens (tertiary/aromatic N) is 2. The van der Waals surface area contributed by atoms with E-state index in [1.165, 1.54) is 54.0 Å². The summed E-state index contributed by atoms with van der Waals surface area (Å²) in [6.45, 7) is 3.99. The van der Waals surface area contributed by atoms with Crippen molar-refractivity contribution in [2.75, 3.05) is 36.9 Å². The van der Waals surface area contributed by atoms with Gasteiger partial charge < -0.3 is 15.0 Å². The molecule has 34 heavy (non-hydrogen) atoms. The molecule has 2 aliphatic heterocycles. The summed E-state index contributed by atoms with van der Waals surface area (Å²) in [5, 5.41) is 3.25. The number of halogens is 2. The number of benzene rings is 3. The number of aryl methyl sites for hydroxylation is 1. The normalized spacial score (nSPS) is 16.9. The third kappa shape index (κ3) is 5.80. The van der Waals surface area contributed by atoms with Crippen molar-refractivity contribution in [3.63, 3.8) is 0 Å². The van der Waals surface area contributed by atoms with E-state index in [9.17, 15) is 0 Å². The van der Waals surface area contributed by atoms with Crippen LogP contribution in [0.3, 0.4) is 0 Å². The van der Waals surface area contributed by atoms with Gasteiger partial charge in [-0.1, -0.05) is 42.5 Å². The van der Waals surface area contributed by atoms with Gasteiger partial charge in [0.1, 0.15) is 12.4 Å². The van der Waals surface area contributed by atoms with Gasteiger partial charge >= 0.3 is 0 Å². The van der Waals surface area contributed by atoms with Crippen LogP contribution in [0.5, 0.6) is 5.75 Å². The van der Waals surface area contributed by atoms with Gasteiger partial charge in [0.05, 0.1) is 5.69 Å². The number of para-hydroxylation sites is 3. The van der Waals surface area contributed by atoms with Crippen molar-refractivity contribution >= 4 is 41.9 Å². The lowest BCUT2D eigenvalue weighted by molar-refractivity contribution is 0.255. The molecule has 6 heteroatoms. The second-order valence-corrected chi connectivity index (χ2v) is 8.88. The van der Waals surface area contributed by atoms with Crippen LogP contribution in [-0.2, 0) is 13.0 Å². The molecule has 3 aromatic rings. The lowest BCUT2D eigenvalue weighted by Crippen LogP contribution is -2.39. The average Bonchev–Trinajstić information content (AvgIpc) is 3.22. The first-order valence-corrected chi connectivity index (χ1v) is 11.9. The second kappa shape index (κ2) is 12.3. The monoisotopic (exact) mass is 499 g/mol. The molecule has 1 N–H and O–H groups in total. The number of nitrogens with one attached hydrogen (secondary N) is 1. The highest BCUT2D eigenvalue weighted by Crippen LogP contribution is 2.40. The smallest absolute Gasteiger partial charge is 0.143 e. The molecular formula is C28H35Cl2N3O. The van der Waals surface area contributed by atoms with E-state index >= 15 is 0 Å². The summed E-state index contributed by atoms with van der Waals surface area (Å²) in [6.07, 6.45) is 4.87. The van der Waals surface area contributed by atoms with Crippen LogP contribution in [-0.4, -0.2) is 37.6 Å². The lowest BCUT2D eigenvalue weighted by Gasteiger charge is -2.32. The molecule has 1 fully saturated rings. The Balaban J connectivity index is 0.00000162.